The van der Waals surface area contributed by atoms with Crippen molar-refractivity contribution in [2.75, 3.05) is 6.54 Å². The minimum Gasteiger partial charge on any atom is -0.452 e. The zero-order valence-electron chi connectivity index (χ0n) is 16.9. The fourth-order valence-corrected chi connectivity index (χ4v) is 4.06. The molecule has 0 aromatic heterocycles. The Bertz CT molecular complexity index is 1080. The van der Waals surface area contributed by atoms with E-state index in [2.05, 4.69) is 5.32 Å². The van der Waals surface area contributed by atoms with E-state index >= 15 is 0 Å². The summed E-state index contributed by atoms with van der Waals surface area (Å²) < 4.78 is 69.9. The Hall–Kier alpha value is -2.63. The maximum atomic E-state index is 12.8. The smallest absolute Gasteiger partial charge is 0.416 e. The second-order valence-corrected chi connectivity index (χ2v) is 8.88. The summed E-state index contributed by atoms with van der Waals surface area (Å²) in [6.07, 6.45) is -6.02. The summed E-state index contributed by atoms with van der Waals surface area (Å²) in [4.78, 5) is 23.3. The molecule has 0 fully saturated rings. The molecule has 0 saturated heterocycles. The molecule has 32 heavy (non-hydrogen) atoms. The van der Waals surface area contributed by atoms with Crippen LogP contribution in [0.5, 0.6) is 0 Å². The lowest BCUT2D eigenvalue weighted by atomic mass is 10.1. The summed E-state index contributed by atoms with van der Waals surface area (Å²) in [6.45, 7) is 2.11. The average Bonchev–Trinajstić information content (AvgIpc) is 2.72. The number of ether oxygens (including phenoxy) is 1. The van der Waals surface area contributed by atoms with Gasteiger partial charge in [-0.05, 0) is 37.6 Å². The first-order chi connectivity index (χ1) is 14.8. The van der Waals surface area contributed by atoms with Crippen LogP contribution in [0.3, 0.4) is 0 Å². The van der Waals surface area contributed by atoms with Crippen molar-refractivity contribution in [1.82, 2.24) is 10.0 Å². The van der Waals surface area contributed by atoms with Gasteiger partial charge in [-0.15, -0.1) is 0 Å². The highest BCUT2D eigenvalue weighted by Crippen LogP contribution is 2.33. The van der Waals surface area contributed by atoms with Crippen LogP contribution in [0.15, 0.2) is 53.4 Å². The molecule has 0 spiro atoms. The molecule has 2 unspecified atom stereocenters. The standard InChI is InChI=1S/C20H20ClF3N2O5S/c1-12(14-6-4-3-5-7-14)26-19(28)13(2)31-18(27)11-25-32(29,30)17-10-15(20(22,23)24)8-9-16(17)21/h3-10,12-13,25H,11H2,1-2H3,(H,26,28). The molecule has 2 atom stereocenters. The van der Waals surface area contributed by atoms with Gasteiger partial charge in [-0.25, -0.2) is 8.42 Å². The summed E-state index contributed by atoms with van der Waals surface area (Å²) in [7, 11) is -4.56. The first-order valence-electron chi connectivity index (χ1n) is 9.22. The van der Waals surface area contributed by atoms with Crippen LogP contribution in [0.4, 0.5) is 13.2 Å². The number of halogens is 4. The number of alkyl halides is 3. The van der Waals surface area contributed by atoms with Crippen LogP contribution < -0.4 is 10.0 Å². The SMILES string of the molecule is CC(OC(=O)CNS(=O)(=O)c1cc(C(F)(F)F)ccc1Cl)C(=O)NC(C)c1ccccc1. The van der Waals surface area contributed by atoms with E-state index in [1.807, 2.05) is 10.8 Å². The van der Waals surface area contributed by atoms with Crippen molar-refractivity contribution in [3.05, 3.63) is 64.7 Å². The molecule has 174 valence electrons. The van der Waals surface area contributed by atoms with Crippen LogP contribution in [0.2, 0.25) is 5.02 Å². The molecule has 0 aliphatic rings. The number of benzene rings is 2. The van der Waals surface area contributed by atoms with Crippen molar-refractivity contribution in [3.8, 4) is 0 Å². The molecule has 0 bridgehead atoms. The largest absolute Gasteiger partial charge is 0.452 e. The number of hydrogen-bond donors (Lipinski definition) is 2. The molecule has 2 aromatic rings. The fraction of sp³-hybridized carbons (Fsp3) is 0.300. The number of amides is 1. The number of nitrogens with one attached hydrogen (secondary N) is 2. The summed E-state index contributed by atoms with van der Waals surface area (Å²) in [6, 6.07) is 10.4. The Kier molecular flexibility index (Phi) is 8.27. The van der Waals surface area contributed by atoms with Gasteiger partial charge in [0.2, 0.25) is 10.0 Å². The van der Waals surface area contributed by atoms with Crippen LogP contribution >= 0.6 is 11.6 Å². The van der Waals surface area contributed by atoms with Gasteiger partial charge < -0.3 is 10.1 Å². The van der Waals surface area contributed by atoms with Gasteiger partial charge in [-0.2, -0.15) is 17.9 Å². The average molecular weight is 493 g/mol. The summed E-state index contributed by atoms with van der Waals surface area (Å²) >= 11 is 5.72. The molecule has 2 rings (SSSR count). The van der Waals surface area contributed by atoms with Crippen molar-refractivity contribution >= 4 is 33.5 Å². The molecule has 2 aromatic carbocycles. The van der Waals surface area contributed by atoms with E-state index in [0.717, 1.165) is 11.6 Å². The predicted molar refractivity (Wildman–Crippen MR) is 110 cm³/mol. The van der Waals surface area contributed by atoms with Crippen LogP contribution in [-0.4, -0.2) is 32.9 Å². The Balaban J connectivity index is 1.96. The summed E-state index contributed by atoms with van der Waals surface area (Å²) in [5.41, 5.74) is -0.396. The Morgan fingerprint density at radius 3 is 2.31 bits per heavy atom. The number of carbonyl (C=O) groups excluding carboxylic acids is 2. The van der Waals surface area contributed by atoms with Gasteiger partial charge in [0, 0.05) is 0 Å². The number of hydrogen-bond acceptors (Lipinski definition) is 5. The summed E-state index contributed by atoms with van der Waals surface area (Å²) in [5.74, 6) is -1.72. The van der Waals surface area contributed by atoms with E-state index in [1.54, 1.807) is 31.2 Å². The molecule has 0 heterocycles. The van der Waals surface area contributed by atoms with Crippen LogP contribution in [-0.2, 0) is 30.5 Å². The third-order valence-electron chi connectivity index (χ3n) is 4.29. The van der Waals surface area contributed by atoms with Crippen molar-refractivity contribution in [2.24, 2.45) is 0 Å². The molecule has 2 N–H and O–H groups in total. The highest BCUT2D eigenvalue weighted by Gasteiger charge is 2.33. The maximum absolute atomic E-state index is 12.8. The molecule has 7 nitrogen and oxygen atoms in total. The Labute approximate surface area is 188 Å². The first kappa shape index (κ1) is 25.6. The van der Waals surface area contributed by atoms with Gasteiger partial charge in [0.25, 0.3) is 5.91 Å². The van der Waals surface area contributed by atoms with E-state index in [9.17, 15) is 31.2 Å². The number of carbonyl (C=O) groups is 2. The second kappa shape index (κ2) is 10.3. The van der Waals surface area contributed by atoms with Crippen molar-refractivity contribution < 1.29 is 35.9 Å². The Morgan fingerprint density at radius 2 is 1.72 bits per heavy atom. The third-order valence-corrected chi connectivity index (χ3v) is 6.17. The first-order valence-corrected chi connectivity index (χ1v) is 11.1. The molecule has 12 heteroatoms. The van der Waals surface area contributed by atoms with Crippen LogP contribution in [0.1, 0.15) is 31.0 Å². The monoisotopic (exact) mass is 492 g/mol. The van der Waals surface area contributed by atoms with Crippen molar-refractivity contribution in [3.63, 3.8) is 0 Å². The maximum Gasteiger partial charge on any atom is 0.416 e. The second-order valence-electron chi connectivity index (χ2n) is 6.74. The van der Waals surface area contributed by atoms with Gasteiger partial charge >= 0.3 is 12.1 Å². The summed E-state index contributed by atoms with van der Waals surface area (Å²) in [5, 5.41) is 2.19. The highest BCUT2D eigenvalue weighted by molar-refractivity contribution is 7.89. The number of sulfonamides is 1. The van der Waals surface area contributed by atoms with Gasteiger partial charge in [-0.1, -0.05) is 41.9 Å². The van der Waals surface area contributed by atoms with Gasteiger partial charge in [0.05, 0.1) is 16.6 Å². The molecule has 0 aliphatic carbocycles. The molecule has 0 radical (unpaired) electrons. The minimum absolute atomic E-state index is 0.358. The van der Waals surface area contributed by atoms with E-state index < -0.39 is 56.2 Å². The van der Waals surface area contributed by atoms with E-state index in [1.165, 1.54) is 6.92 Å². The lowest BCUT2D eigenvalue weighted by molar-refractivity contribution is -0.153. The third kappa shape index (κ3) is 6.94. The fourth-order valence-electron chi connectivity index (χ4n) is 2.57. The quantitative estimate of drug-likeness (QED) is 0.550. The topological polar surface area (TPSA) is 102 Å². The van der Waals surface area contributed by atoms with Gasteiger partial charge in [0.15, 0.2) is 6.10 Å². The normalized spacial score (nSPS) is 13.8. The van der Waals surface area contributed by atoms with E-state index in [-0.39, 0.29) is 6.04 Å². The van der Waals surface area contributed by atoms with Crippen LogP contribution in [0.25, 0.3) is 0 Å². The Morgan fingerprint density at radius 1 is 1.09 bits per heavy atom. The van der Waals surface area contributed by atoms with Crippen molar-refractivity contribution in [2.45, 2.75) is 37.1 Å². The van der Waals surface area contributed by atoms with Crippen LogP contribution in [0, 0.1) is 0 Å². The molecular weight excluding hydrogens is 473 g/mol. The molecule has 0 aliphatic heterocycles. The van der Waals surface area contributed by atoms with Gasteiger partial charge in [-0.3, -0.25) is 9.59 Å². The lowest BCUT2D eigenvalue weighted by Crippen LogP contribution is -2.39. The molecule has 1 amide bonds. The number of esters is 1. The van der Waals surface area contributed by atoms with E-state index in [4.69, 9.17) is 16.3 Å². The number of rotatable bonds is 8. The highest BCUT2D eigenvalue weighted by atomic mass is 35.5. The lowest BCUT2D eigenvalue weighted by Gasteiger charge is -2.18. The van der Waals surface area contributed by atoms with Crippen molar-refractivity contribution in [1.29, 1.82) is 0 Å². The predicted octanol–water partition coefficient (Wildman–Crippen LogP) is 3.45. The zero-order valence-corrected chi connectivity index (χ0v) is 18.5. The molecular formula is C20H20ClF3N2O5S. The minimum atomic E-state index is -4.78. The van der Waals surface area contributed by atoms with E-state index in [0.29, 0.717) is 12.1 Å². The molecule has 0 saturated carbocycles. The zero-order chi connectivity index (χ0) is 24.1. The van der Waals surface area contributed by atoms with Gasteiger partial charge in [0.1, 0.15) is 11.4 Å².